The summed E-state index contributed by atoms with van der Waals surface area (Å²) >= 11 is 0. The van der Waals surface area contributed by atoms with Crippen LogP contribution < -0.4 is 10.6 Å². The maximum absolute atomic E-state index is 5.66. The third-order valence-electron chi connectivity index (χ3n) is 4.93. The van der Waals surface area contributed by atoms with E-state index < -0.39 is 0 Å². The molecule has 0 bridgehead atoms. The van der Waals surface area contributed by atoms with Crippen LogP contribution in [0.3, 0.4) is 0 Å². The summed E-state index contributed by atoms with van der Waals surface area (Å²) in [5, 5.41) is 0. The first-order valence-corrected chi connectivity index (χ1v) is 8.06. The lowest BCUT2D eigenvalue weighted by Gasteiger charge is -2.25. The molecule has 20 heavy (non-hydrogen) atoms. The van der Waals surface area contributed by atoms with E-state index in [2.05, 4.69) is 34.9 Å². The first kappa shape index (κ1) is 13.9. The summed E-state index contributed by atoms with van der Waals surface area (Å²) in [6, 6.07) is 7.67. The molecule has 2 aliphatic heterocycles. The minimum absolute atomic E-state index is 0.737. The van der Waals surface area contributed by atoms with Gasteiger partial charge in [-0.05, 0) is 75.5 Å². The van der Waals surface area contributed by atoms with Gasteiger partial charge in [-0.3, -0.25) is 4.90 Å². The van der Waals surface area contributed by atoms with Crippen molar-refractivity contribution < 1.29 is 0 Å². The average molecular weight is 273 g/mol. The van der Waals surface area contributed by atoms with Crippen LogP contribution in [0.5, 0.6) is 0 Å². The molecule has 0 amide bonds. The Bertz CT molecular complexity index is 452. The predicted molar refractivity (Wildman–Crippen MR) is 85.4 cm³/mol. The van der Waals surface area contributed by atoms with Crippen LogP contribution in [-0.2, 0) is 6.42 Å². The van der Waals surface area contributed by atoms with Gasteiger partial charge >= 0.3 is 0 Å². The number of rotatable bonds is 4. The summed E-state index contributed by atoms with van der Waals surface area (Å²) in [5.74, 6) is 0. The maximum Gasteiger partial charge on any atom is 0.0369 e. The van der Waals surface area contributed by atoms with Gasteiger partial charge in [0.1, 0.15) is 0 Å². The van der Waals surface area contributed by atoms with Crippen molar-refractivity contribution in [2.75, 3.05) is 37.6 Å². The van der Waals surface area contributed by atoms with Crippen LogP contribution in [0.25, 0.3) is 0 Å². The van der Waals surface area contributed by atoms with Crippen LogP contribution in [0.1, 0.15) is 30.4 Å². The van der Waals surface area contributed by atoms with E-state index in [4.69, 9.17) is 5.73 Å². The van der Waals surface area contributed by atoms with Crippen LogP contribution >= 0.6 is 0 Å². The summed E-state index contributed by atoms with van der Waals surface area (Å²) in [7, 11) is 0. The van der Waals surface area contributed by atoms with Crippen molar-refractivity contribution in [1.29, 1.82) is 0 Å². The number of anilines is 1. The lowest BCUT2D eigenvalue weighted by atomic mass is 10.0. The van der Waals surface area contributed by atoms with Crippen molar-refractivity contribution in [2.24, 2.45) is 5.73 Å². The van der Waals surface area contributed by atoms with E-state index in [9.17, 15) is 0 Å². The second-order valence-electron chi connectivity index (χ2n) is 6.28. The van der Waals surface area contributed by atoms with E-state index >= 15 is 0 Å². The number of benzene rings is 1. The average Bonchev–Trinajstić information content (AvgIpc) is 3.11. The molecule has 2 aliphatic rings. The van der Waals surface area contributed by atoms with Crippen molar-refractivity contribution in [3.63, 3.8) is 0 Å². The third kappa shape index (κ3) is 2.84. The van der Waals surface area contributed by atoms with Gasteiger partial charge < -0.3 is 10.6 Å². The van der Waals surface area contributed by atoms with E-state index in [1.54, 1.807) is 0 Å². The first-order chi connectivity index (χ1) is 9.78. The minimum atomic E-state index is 0.737. The molecule has 3 rings (SSSR count). The van der Waals surface area contributed by atoms with E-state index in [1.165, 1.54) is 62.3 Å². The van der Waals surface area contributed by atoms with Crippen molar-refractivity contribution >= 4 is 5.69 Å². The molecular formula is C17H27N3. The predicted octanol–water partition coefficient (Wildman–Crippen LogP) is 2.17. The van der Waals surface area contributed by atoms with Gasteiger partial charge in [-0.1, -0.05) is 6.07 Å². The molecule has 1 aromatic rings. The monoisotopic (exact) mass is 273 g/mol. The van der Waals surface area contributed by atoms with E-state index in [0.717, 1.165) is 19.0 Å². The summed E-state index contributed by atoms with van der Waals surface area (Å²) in [5.41, 5.74) is 9.84. The fourth-order valence-electron chi connectivity index (χ4n) is 3.69. The molecule has 2 saturated heterocycles. The second kappa shape index (κ2) is 6.15. The molecule has 2 heterocycles. The van der Waals surface area contributed by atoms with Crippen LogP contribution in [-0.4, -0.2) is 43.7 Å². The Kier molecular flexibility index (Phi) is 4.27. The molecule has 3 nitrogen and oxygen atoms in total. The Labute approximate surface area is 122 Å². The molecule has 2 N–H and O–H groups in total. The molecule has 0 radical (unpaired) electrons. The fourth-order valence-corrected chi connectivity index (χ4v) is 3.69. The second-order valence-corrected chi connectivity index (χ2v) is 6.28. The van der Waals surface area contributed by atoms with E-state index in [0.29, 0.717) is 0 Å². The molecule has 1 unspecified atom stereocenters. The Morgan fingerprint density at radius 1 is 1.20 bits per heavy atom. The van der Waals surface area contributed by atoms with Gasteiger partial charge in [0.15, 0.2) is 0 Å². The summed E-state index contributed by atoms with van der Waals surface area (Å²) < 4.78 is 0. The molecule has 0 spiro atoms. The maximum atomic E-state index is 5.66. The number of hydrogen-bond donors (Lipinski definition) is 1. The lowest BCUT2D eigenvalue weighted by molar-refractivity contribution is 0.260. The summed E-state index contributed by atoms with van der Waals surface area (Å²) in [6.45, 7) is 7.98. The van der Waals surface area contributed by atoms with Crippen LogP contribution in [0.4, 0.5) is 5.69 Å². The molecule has 1 atom stereocenters. The van der Waals surface area contributed by atoms with Gasteiger partial charge in [-0.25, -0.2) is 0 Å². The van der Waals surface area contributed by atoms with Gasteiger partial charge in [0, 0.05) is 24.8 Å². The zero-order chi connectivity index (χ0) is 13.9. The normalized spacial score (nSPS) is 23.7. The largest absolute Gasteiger partial charge is 0.370 e. The third-order valence-corrected chi connectivity index (χ3v) is 4.93. The van der Waals surface area contributed by atoms with Crippen molar-refractivity contribution in [3.8, 4) is 0 Å². The quantitative estimate of drug-likeness (QED) is 0.912. The highest BCUT2D eigenvalue weighted by Crippen LogP contribution is 2.26. The smallest absolute Gasteiger partial charge is 0.0369 e. The zero-order valence-corrected chi connectivity index (χ0v) is 12.6. The number of nitrogens with zero attached hydrogens (tertiary/aromatic N) is 2. The van der Waals surface area contributed by atoms with Gasteiger partial charge in [0.05, 0.1) is 0 Å². The number of likely N-dealkylation sites (tertiary alicyclic amines) is 1. The van der Waals surface area contributed by atoms with E-state index in [1.807, 2.05) is 0 Å². The Morgan fingerprint density at radius 2 is 2.00 bits per heavy atom. The molecule has 0 aliphatic carbocycles. The molecule has 3 heteroatoms. The molecule has 2 fully saturated rings. The minimum Gasteiger partial charge on any atom is -0.370 e. The number of aryl methyl sites for hydroxylation is 1. The highest BCUT2D eigenvalue weighted by Gasteiger charge is 2.29. The Balaban J connectivity index is 1.66. The van der Waals surface area contributed by atoms with Crippen LogP contribution in [0, 0.1) is 6.92 Å². The zero-order valence-electron chi connectivity index (χ0n) is 12.6. The summed E-state index contributed by atoms with van der Waals surface area (Å²) in [4.78, 5) is 5.25. The molecule has 1 aromatic carbocycles. The van der Waals surface area contributed by atoms with Gasteiger partial charge in [0.25, 0.3) is 0 Å². The first-order valence-electron chi connectivity index (χ1n) is 8.06. The fraction of sp³-hybridized carbons (Fsp3) is 0.647. The standard InChI is InChI=1S/C17H27N3/c1-14-12-16(5-4-15(14)6-8-18)20-11-7-17(13-20)19-9-2-3-10-19/h4-5,12,17H,2-3,6-11,13,18H2,1H3. The highest BCUT2D eigenvalue weighted by atomic mass is 15.3. The molecule has 0 saturated carbocycles. The van der Waals surface area contributed by atoms with Crippen LogP contribution in [0.15, 0.2) is 18.2 Å². The number of hydrogen-bond acceptors (Lipinski definition) is 3. The van der Waals surface area contributed by atoms with Crippen LogP contribution in [0.2, 0.25) is 0 Å². The topological polar surface area (TPSA) is 32.5 Å². The van der Waals surface area contributed by atoms with Crippen molar-refractivity contribution in [2.45, 2.75) is 38.6 Å². The Hall–Kier alpha value is -1.06. The van der Waals surface area contributed by atoms with Gasteiger partial charge in [-0.2, -0.15) is 0 Å². The highest BCUT2D eigenvalue weighted by molar-refractivity contribution is 5.52. The lowest BCUT2D eigenvalue weighted by Crippen LogP contribution is -2.35. The molecule has 110 valence electrons. The number of nitrogens with two attached hydrogens (primary N) is 1. The van der Waals surface area contributed by atoms with Gasteiger partial charge in [-0.15, -0.1) is 0 Å². The van der Waals surface area contributed by atoms with E-state index in [-0.39, 0.29) is 0 Å². The SMILES string of the molecule is Cc1cc(N2CCC(N3CCCC3)C2)ccc1CCN. The van der Waals surface area contributed by atoms with Crippen molar-refractivity contribution in [3.05, 3.63) is 29.3 Å². The molecule has 0 aromatic heterocycles. The Morgan fingerprint density at radius 3 is 2.70 bits per heavy atom. The van der Waals surface area contributed by atoms with Crippen molar-refractivity contribution in [1.82, 2.24) is 4.90 Å². The molecular weight excluding hydrogens is 246 g/mol. The van der Waals surface area contributed by atoms with Gasteiger partial charge in [0.2, 0.25) is 0 Å². The summed E-state index contributed by atoms with van der Waals surface area (Å²) in [6.07, 6.45) is 5.10.